The van der Waals surface area contributed by atoms with Crippen molar-refractivity contribution in [3.63, 3.8) is 0 Å². The number of rotatable bonds is 3. The van der Waals surface area contributed by atoms with Crippen LogP contribution in [0.25, 0.3) is 0 Å². The summed E-state index contributed by atoms with van der Waals surface area (Å²) in [5.74, 6) is 1.63. The van der Waals surface area contributed by atoms with Crippen molar-refractivity contribution in [3.8, 4) is 11.5 Å². The fourth-order valence-electron chi connectivity index (χ4n) is 2.98. The van der Waals surface area contributed by atoms with Crippen LogP contribution in [0.1, 0.15) is 24.8 Å². The molecule has 114 valence electrons. The number of carbonyl (C=O) groups excluding carboxylic acids is 1. The predicted octanol–water partition coefficient (Wildman–Crippen LogP) is 1.56. The van der Waals surface area contributed by atoms with E-state index in [0.717, 1.165) is 36.4 Å². The zero-order valence-corrected chi connectivity index (χ0v) is 12.4. The molecule has 1 amide bonds. The molecule has 5 nitrogen and oxygen atoms in total. The smallest absolute Gasteiger partial charge is 0.237 e. The van der Waals surface area contributed by atoms with Crippen LogP contribution in [0, 0.1) is 0 Å². The Morgan fingerprint density at radius 1 is 1.33 bits per heavy atom. The summed E-state index contributed by atoms with van der Waals surface area (Å²) >= 11 is 0. The van der Waals surface area contributed by atoms with Gasteiger partial charge < -0.3 is 14.8 Å². The first-order valence-corrected chi connectivity index (χ1v) is 7.61. The molecule has 2 aliphatic heterocycles. The Morgan fingerprint density at radius 3 is 3.05 bits per heavy atom. The molecular formula is C16H22N2O3. The van der Waals surface area contributed by atoms with Crippen LogP contribution in [-0.4, -0.2) is 43.7 Å². The van der Waals surface area contributed by atoms with Gasteiger partial charge in [0.05, 0.1) is 6.04 Å². The van der Waals surface area contributed by atoms with E-state index in [-0.39, 0.29) is 11.9 Å². The van der Waals surface area contributed by atoms with Gasteiger partial charge in [-0.05, 0) is 32.5 Å². The summed E-state index contributed by atoms with van der Waals surface area (Å²) in [6, 6.07) is 5.80. The molecule has 1 aromatic carbocycles. The van der Waals surface area contributed by atoms with Gasteiger partial charge in [-0.3, -0.25) is 9.69 Å². The van der Waals surface area contributed by atoms with Gasteiger partial charge in [-0.2, -0.15) is 0 Å². The number of ether oxygens (including phenoxy) is 2. The maximum absolute atomic E-state index is 12.3. The molecule has 0 aliphatic carbocycles. The minimum atomic E-state index is -0.00421. The molecule has 0 spiro atoms. The molecule has 0 bridgehead atoms. The summed E-state index contributed by atoms with van der Waals surface area (Å²) in [5.41, 5.74) is 0.971. The lowest BCUT2D eigenvalue weighted by molar-refractivity contribution is -0.127. The van der Waals surface area contributed by atoms with Crippen molar-refractivity contribution in [3.05, 3.63) is 23.8 Å². The Labute approximate surface area is 125 Å². The largest absolute Gasteiger partial charge is 0.486 e. The van der Waals surface area contributed by atoms with Gasteiger partial charge in [-0.15, -0.1) is 0 Å². The number of para-hydroxylation sites is 1. The van der Waals surface area contributed by atoms with Crippen molar-refractivity contribution in [2.45, 2.75) is 31.8 Å². The molecule has 2 heterocycles. The molecule has 0 radical (unpaired) electrons. The predicted molar refractivity (Wildman–Crippen MR) is 79.5 cm³/mol. The molecule has 1 unspecified atom stereocenters. The normalized spacial score (nSPS) is 21.9. The summed E-state index contributed by atoms with van der Waals surface area (Å²) in [7, 11) is 2.02. The number of hydrogen-bond acceptors (Lipinski definition) is 4. The minimum absolute atomic E-state index is 0.00421. The Bertz CT molecular complexity index is 518. The lowest BCUT2D eigenvalue weighted by Gasteiger charge is -2.31. The van der Waals surface area contributed by atoms with Gasteiger partial charge >= 0.3 is 0 Å². The van der Waals surface area contributed by atoms with Gasteiger partial charge in [0.25, 0.3) is 0 Å². The number of fused-ring (bicyclic) bond motifs is 1. The van der Waals surface area contributed by atoms with Crippen molar-refractivity contribution >= 4 is 5.91 Å². The van der Waals surface area contributed by atoms with Crippen molar-refractivity contribution in [1.82, 2.24) is 10.2 Å². The third kappa shape index (κ3) is 3.13. The van der Waals surface area contributed by atoms with E-state index in [1.165, 1.54) is 6.42 Å². The van der Waals surface area contributed by atoms with Gasteiger partial charge in [-0.25, -0.2) is 0 Å². The number of amides is 1. The lowest BCUT2D eigenvalue weighted by atomic mass is 10.0. The molecular weight excluding hydrogens is 268 g/mol. The summed E-state index contributed by atoms with van der Waals surface area (Å²) < 4.78 is 11.2. The van der Waals surface area contributed by atoms with Gasteiger partial charge in [0.2, 0.25) is 5.91 Å². The lowest BCUT2D eigenvalue weighted by Crippen LogP contribution is -2.47. The second-order valence-electron chi connectivity index (χ2n) is 5.65. The van der Waals surface area contributed by atoms with Crippen LogP contribution in [0.3, 0.4) is 0 Å². The Hall–Kier alpha value is -1.75. The molecule has 0 saturated carbocycles. The first-order valence-electron chi connectivity index (χ1n) is 7.61. The number of carbonyl (C=O) groups is 1. The summed E-state index contributed by atoms with van der Waals surface area (Å²) in [5, 5.41) is 3.03. The molecule has 5 heteroatoms. The van der Waals surface area contributed by atoms with E-state index in [1.54, 1.807) is 0 Å². The van der Waals surface area contributed by atoms with Crippen molar-refractivity contribution in [2.75, 3.05) is 26.8 Å². The third-order valence-electron chi connectivity index (χ3n) is 4.17. The fraction of sp³-hybridized carbons (Fsp3) is 0.562. The zero-order valence-electron chi connectivity index (χ0n) is 12.4. The first kappa shape index (κ1) is 14.2. The molecule has 0 aromatic heterocycles. The fourth-order valence-corrected chi connectivity index (χ4v) is 2.98. The van der Waals surface area contributed by atoms with E-state index in [1.807, 2.05) is 25.2 Å². The first-order chi connectivity index (χ1) is 10.3. The van der Waals surface area contributed by atoms with E-state index in [9.17, 15) is 4.79 Å². The van der Waals surface area contributed by atoms with Gasteiger partial charge in [-0.1, -0.05) is 18.6 Å². The Kier molecular flexibility index (Phi) is 4.29. The second kappa shape index (κ2) is 6.35. The Morgan fingerprint density at radius 2 is 2.19 bits per heavy atom. The second-order valence-corrected chi connectivity index (χ2v) is 5.65. The van der Waals surface area contributed by atoms with Crippen LogP contribution in [0.2, 0.25) is 0 Å². The highest BCUT2D eigenvalue weighted by molar-refractivity contribution is 5.81. The van der Waals surface area contributed by atoms with Crippen LogP contribution in [-0.2, 0) is 11.3 Å². The maximum atomic E-state index is 12.3. The molecule has 1 saturated heterocycles. The molecule has 1 N–H and O–H groups in total. The van der Waals surface area contributed by atoms with E-state index in [0.29, 0.717) is 19.8 Å². The number of nitrogens with one attached hydrogen (secondary N) is 1. The van der Waals surface area contributed by atoms with Crippen LogP contribution in [0.15, 0.2) is 18.2 Å². The SMILES string of the molecule is CN1CCCCC1C(=O)NCc1cccc2c1OCCO2. The van der Waals surface area contributed by atoms with Crippen LogP contribution >= 0.6 is 0 Å². The van der Waals surface area contributed by atoms with E-state index in [2.05, 4.69) is 10.2 Å². The van der Waals surface area contributed by atoms with Gasteiger partial charge in [0.15, 0.2) is 11.5 Å². The number of piperidine rings is 1. The van der Waals surface area contributed by atoms with Crippen LogP contribution < -0.4 is 14.8 Å². The molecule has 1 fully saturated rings. The summed E-state index contributed by atoms with van der Waals surface area (Å²) in [6.07, 6.45) is 3.24. The van der Waals surface area contributed by atoms with E-state index < -0.39 is 0 Å². The molecule has 1 aromatic rings. The number of hydrogen-bond donors (Lipinski definition) is 1. The monoisotopic (exact) mass is 290 g/mol. The summed E-state index contributed by atoms with van der Waals surface area (Å²) in [6.45, 7) is 2.62. The Balaban J connectivity index is 1.63. The van der Waals surface area contributed by atoms with E-state index in [4.69, 9.17) is 9.47 Å². The van der Waals surface area contributed by atoms with Crippen LogP contribution in [0.5, 0.6) is 11.5 Å². The van der Waals surface area contributed by atoms with Crippen molar-refractivity contribution in [2.24, 2.45) is 0 Å². The number of nitrogens with zero attached hydrogens (tertiary/aromatic N) is 1. The quantitative estimate of drug-likeness (QED) is 0.918. The highest BCUT2D eigenvalue weighted by Gasteiger charge is 2.26. The van der Waals surface area contributed by atoms with Crippen LogP contribution in [0.4, 0.5) is 0 Å². The number of benzene rings is 1. The average Bonchev–Trinajstić information content (AvgIpc) is 2.53. The molecule has 21 heavy (non-hydrogen) atoms. The topological polar surface area (TPSA) is 50.8 Å². The molecule has 2 aliphatic rings. The van der Waals surface area contributed by atoms with E-state index >= 15 is 0 Å². The standard InChI is InChI=1S/C16H22N2O3/c1-18-8-3-2-6-13(18)16(19)17-11-12-5-4-7-14-15(12)21-10-9-20-14/h4-5,7,13H,2-3,6,8-11H2,1H3,(H,17,19). The third-order valence-corrected chi connectivity index (χ3v) is 4.17. The van der Waals surface area contributed by atoms with Crippen molar-refractivity contribution in [1.29, 1.82) is 0 Å². The van der Waals surface area contributed by atoms with Crippen molar-refractivity contribution < 1.29 is 14.3 Å². The zero-order chi connectivity index (χ0) is 14.7. The van der Waals surface area contributed by atoms with Gasteiger partial charge in [0.1, 0.15) is 13.2 Å². The average molecular weight is 290 g/mol. The maximum Gasteiger partial charge on any atom is 0.237 e. The van der Waals surface area contributed by atoms with Gasteiger partial charge in [0, 0.05) is 12.1 Å². The molecule has 1 atom stereocenters. The minimum Gasteiger partial charge on any atom is -0.486 e. The highest BCUT2D eigenvalue weighted by Crippen LogP contribution is 2.33. The number of likely N-dealkylation sites (N-methyl/N-ethyl adjacent to an activating group) is 1. The summed E-state index contributed by atoms with van der Waals surface area (Å²) in [4.78, 5) is 14.5. The highest BCUT2D eigenvalue weighted by atomic mass is 16.6. The number of likely N-dealkylation sites (tertiary alicyclic amines) is 1. The molecule has 3 rings (SSSR count).